The number of ether oxygens (including phenoxy) is 1. The lowest BCUT2D eigenvalue weighted by Crippen LogP contribution is -2.40. The van der Waals surface area contributed by atoms with E-state index in [0.717, 1.165) is 0 Å². The van der Waals surface area contributed by atoms with Gasteiger partial charge >= 0.3 is 5.97 Å². The number of carboxylic acids is 1. The normalized spacial score (nSPS) is 10.3. The van der Waals surface area contributed by atoms with Crippen LogP contribution in [0.1, 0.15) is 13.8 Å². The standard InChI is InChI=1S/C14H19NO5/c1-10(2)7-15(8-14(18)19)13(17)9-20-12-6-4-3-5-11(12)16/h3-6,10,16H,7-9H2,1-2H3,(H,18,19). The summed E-state index contributed by atoms with van der Waals surface area (Å²) in [5.74, 6) is -1.20. The van der Waals surface area contributed by atoms with Gasteiger partial charge in [0.05, 0.1) is 0 Å². The van der Waals surface area contributed by atoms with E-state index in [1.807, 2.05) is 13.8 Å². The maximum absolute atomic E-state index is 12.0. The molecule has 6 heteroatoms. The van der Waals surface area contributed by atoms with Crippen LogP contribution in [0.5, 0.6) is 11.5 Å². The van der Waals surface area contributed by atoms with E-state index in [9.17, 15) is 14.7 Å². The van der Waals surface area contributed by atoms with E-state index in [0.29, 0.717) is 6.54 Å². The van der Waals surface area contributed by atoms with Crippen LogP contribution in [-0.4, -0.2) is 46.7 Å². The summed E-state index contributed by atoms with van der Waals surface area (Å²) < 4.78 is 5.21. The Morgan fingerprint density at radius 3 is 2.50 bits per heavy atom. The number of hydrogen-bond donors (Lipinski definition) is 2. The number of amides is 1. The van der Waals surface area contributed by atoms with E-state index in [-0.39, 0.29) is 30.6 Å². The van der Waals surface area contributed by atoms with Crippen molar-refractivity contribution < 1.29 is 24.5 Å². The highest BCUT2D eigenvalue weighted by molar-refractivity contribution is 5.82. The van der Waals surface area contributed by atoms with Crippen molar-refractivity contribution in [2.45, 2.75) is 13.8 Å². The lowest BCUT2D eigenvalue weighted by atomic mass is 10.2. The van der Waals surface area contributed by atoms with Crippen LogP contribution in [0.2, 0.25) is 0 Å². The van der Waals surface area contributed by atoms with Crippen molar-refractivity contribution in [1.29, 1.82) is 0 Å². The largest absolute Gasteiger partial charge is 0.504 e. The van der Waals surface area contributed by atoms with Crippen LogP contribution >= 0.6 is 0 Å². The molecule has 0 spiro atoms. The number of carboxylic acid groups (broad SMARTS) is 1. The second-order valence-corrected chi connectivity index (χ2v) is 4.82. The third-order valence-electron chi connectivity index (χ3n) is 2.48. The number of carbonyl (C=O) groups is 2. The molecule has 0 bridgehead atoms. The van der Waals surface area contributed by atoms with E-state index in [1.54, 1.807) is 12.1 Å². The molecule has 6 nitrogen and oxygen atoms in total. The summed E-state index contributed by atoms with van der Waals surface area (Å²) in [5, 5.41) is 18.3. The van der Waals surface area contributed by atoms with Gasteiger partial charge in [-0.1, -0.05) is 26.0 Å². The average Bonchev–Trinajstić information content (AvgIpc) is 2.35. The Hall–Kier alpha value is -2.24. The van der Waals surface area contributed by atoms with Gasteiger partial charge in [0.1, 0.15) is 6.54 Å². The summed E-state index contributed by atoms with van der Waals surface area (Å²) in [4.78, 5) is 23.9. The lowest BCUT2D eigenvalue weighted by Gasteiger charge is -2.22. The molecule has 0 aliphatic heterocycles. The Balaban J connectivity index is 2.62. The summed E-state index contributed by atoms with van der Waals surface area (Å²) in [7, 11) is 0. The number of hydrogen-bond acceptors (Lipinski definition) is 4. The first-order chi connectivity index (χ1) is 9.40. The monoisotopic (exact) mass is 281 g/mol. The highest BCUT2D eigenvalue weighted by Crippen LogP contribution is 2.24. The highest BCUT2D eigenvalue weighted by atomic mass is 16.5. The van der Waals surface area contributed by atoms with Crippen LogP contribution < -0.4 is 4.74 Å². The van der Waals surface area contributed by atoms with Gasteiger partial charge in [0.2, 0.25) is 0 Å². The minimum absolute atomic E-state index is 0.0612. The van der Waals surface area contributed by atoms with E-state index in [2.05, 4.69) is 0 Å². The summed E-state index contributed by atoms with van der Waals surface area (Å²) in [6.45, 7) is 3.46. The Bertz CT molecular complexity index is 472. The molecule has 110 valence electrons. The van der Waals surface area contributed by atoms with Crippen molar-refractivity contribution in [2.75, 3.05) is 19.7 Å². The van der Waals surface area contributed by atoms with Gasteiger partial charge in [-0.25, -0.2) is 0 Å². The first-order valence-electron chi connectivity index (χ1n) is 6.30. The second kappa shape index (κ2) is 7.37. The van der Waals surface area contributed by atoms with Gasteiger partial charge in [-0.3, -0.25) is 9.59 Å². The Morgan fingerprint density at radius 1 is 1.30 bits per heavy atom. The molecule has 0 saturated carbocycles. The molecule has 0 atom stereocenters. The van der Waals surface area contributed by atoms with Crippen LogP contribution in [0.25, 0.3) is 0 Å². The summed E-state index contributed by atoms with van der Waals surface area (Å²) in [5.41, 5.74) is 0. The number of aromatic hydroxyl groups is 1. The van der Waals surface area contributed by atoms with Crippen LogP contribution in [0.4, 0.5) is 0 Å². The zero-order chi connectivity index (χ0) is 15.1. The fraction of sp³-hybridized carbons (Fsp3) is 0.429. The molecule has 0 heterocycles. The summed E-state index contributed by atoms with van der Waals surface area (Å²) in [6.07, 6.45) is 0. The Labute approximate surface area is 117 Å². The molecule has 1 rings (SSSR count). The predicted molar refractivity (Wildman–Crippen MR) is 72.7 cm³/mol. The zero-order valence-corrected chi connectivity index (χ0v) is 11.6. The smallest absolute Gasteiger partial charge is 0.323 e. The summed E-state index contributed by atoms with van der Waals surface area (Å²) >= 11 is 0. The van der Waals surface area contributed by atoms with Crippen molar-refractivity contribution in [3.63, 3.8) is 0 Å². The van der Waals surface area contributed by atoms with Gasteiger partial charge in [-0.05, 0) is 18.1 Å². The van der Waals surface area contributed by atoms with Crippen LogP contribution in [0.15, 0.2) is 24.3 Å². The number of benzene rings is 1. The molecule has 1 aromatic carbocycles. The van der Waals surface area contributed by atoms with E-state index < -0.39 is 11.9 Å². The van der Waals surface area contributed by atoms with E-state index in [1.165, 1.54) is 17.0 Å². The van der Waals surface area contributed by atoms with Gasteiger partial charge < -0.3 is 19.8 Å². The molecule has 0 aromatic heterocycles. The van der Waals surface area contributed by atoms with Crippen molar-refractivity contribution in [1.82, 2.24) is 4.90 Å². The third kappa shape index (κ3) is 5.17. The molecule has 0 saturated heterocycles. The Morgan fingerprint density at radius 2 is 1.95 bits per heavy atom. The quantitative estimate of drug-likeness (QED) is 0.787. The number of phenols is 1. The third-order valence-corrected chi connectivity index (χ3v) is 2.48. The van der Waals surface area contributed by atoms with Gasteiger partial charge in [0, 0.05) is 6.54 Å². The average molecular weight is 281 g/mol. The maximum atomic E-state index is 12.0. The van der Waals surface area contributed by atoms with Crippen molar-refractivity contribution >= 4 is 11.9 Å². The SMILES string of the molecule is CC(C)CN(CC(=O)O)C(=O)COc1ccccc1O. The Kier molecular flexibility index (Phi) is 5.83. The molecule has 0 unspecified atom stereocenters. The fourth-order valence-corrected chi connectivity index (χ4v) is 1.67. The number of para-hydroxylation sites is 2. The number of carbonyl (C=O) groups excluding carboxylic acids is 1. The van der Waals surface area contributed by atoms with Gasteiger partial charge in [-0.15, -0.1) is 0 Å². The van der Waals surface area contributed by atoms with Crippen molar-refractivity contribution in [3.8, 4) is 11.5 Å². The number of aliphatic carboxylic acids is 1. The second-order valence-electron chi connectivity index (χ2n) is 4.82. The molecule has 0 fully saturated rings. The van der Waals surface area contributed by atoms with E-state index >= 15 is 0 Å². The van der Waals surface area contributed by atoms with E-state index in [4.69, 9.17) is 9.84 Å². The number of nitrogens with zero attached hydrogens (tertiary/aromatic N) is 1. The number of phenolic OH excluding ortho intramolecular Hbond substituents is 1. The molecule has 1 amide bonds. The number of rotatable bonds is 7. The minimum Gasteiger partial charge on any atom is -0.504 e. The minimum atomic E-state index is -1.07. The van der Waals surface area contributed by atoms with Crippen molar-refractivity contribution in [3.05, 3.63) is 24.3 Å². The molecule has 0 radical (unpaired) electrons. The van der Waals surface area contributed by atoms with Gasteiger partial charge in [-0.2, -0.15) is 0 Å². The molecule has 0 aliphatic rings. The summed E-state index contributed by atoms with van der Waals surface area (Å²) in [6, 6.07) is 6.29. The van der Waals surface area contributed by atoms with Crippen LogP contribution in [0.3, 0.4) is 0 Å². The molecular formula is C14H19NO5. The topological polar surface area (TPSA) is 87.1 Å². The maximum Gasteiger partial charge on any atom is 0.323 e. The molecule has 1 aromatic rings. The van der Waals surface area contributed by atoms with Crippen LogP contribution in [0, 0.1) is 5.92 Å². The molecule has 2 N–H and O–H groups in total. The molecular weight excluding hydrogens is 262 g/mol. The van der Waals surface area contributed by atoms with Gasteiger partial charge in [0.25, 0.3) is 5.91 Å². The zero-order valence-electron chi connectivity index (χ0n) is 11.6. The molecule has 0 aliphatic carbocycles. The highest BCUT2D eigenvalue weighted by Gasteiger charge is 2.18. The lowest BCUT2D eigenvalue weighted by molar-refractivity contribution is -0.145. The predicted octanol–water partition coefficient (Wildman–Crippen LogP) is 1.34. The van der Waals surface area contributed by atoms with Gasteiger partial charge in [0.15, 0.2) is 18.1 Å². The van der Waals surface area contributed by atoms with Crippen molar-refractivity contribution in [2.24, 2.45) is 5.92 Å². The first kappa shape index (κ1) is 15.8. The van der Waals surface area contributed by atoms with Crippen LogP contribution in [-0.2, 0) is 9.59 Å². The first-order valence-corrected chi connectivity index (χ1v) is 6.30. The molecule has 20 heavy (non-hydrogen) atoms. The fourth-order valence-electron chi connectivity index (χ4n) is 1.67.